The van der Waals surface area contributed by atoms with Gasteiger partial charge in [0.05, 0.1) is 4.90 Å². The molecule has 0 aromatic heterocycles. The van der Waals surface area contributed by atoms with Crippen LogP contribution < -0.4 is 0 Å². The lowest BCUT2D eigenvalue weighted by Gasteiger charge is -2.23. The van der Waals surface area contributed by atoms with Gasteiger partial charge in [-0.2, -0.15) is 4.31 Å². The van der Waals surface area contributed by atoms with Gasteiger partial charge in [-0.3, -0.25) is 0 Å². The molecule has 2 rings (SSSR count). The number of rotatable bonds is 2. The van der Waals surface area contributed by atoms with Crippen molar-refractivity contribution in [2.75, 3.05) is 13.1 Å². The van der Waals surface area contributed by atoms with Gasteiger partial charge in [-0.15, -0.1) is 0 Å². The predicted molar refractivity (Wildman–Crippen MR) is 74.5 cm³/mol. The third kappa shape index (κ3) is 3.28. The predicted octanol–water partition coefficient (Wildman–Crippen LogP) is 2.59. The summed E-state index contributed by atoms with van der Waals surface area (Å²) in [5.74, 6) is 0.0796. The van der Waals surface area contributed by atoms with E-state index >= 15 is 0 Å². The molecule has 19 heavy (non-hydrogen) atoms. The summed E-state index contributed by atoms with van der Waals surface area (Å²) in [6.07, 6.45) is 2.82. The monoisotopic (exact) mass is 283 g/mol. The van der Waals surface area contributed by atoms with E-state index in [1.807, 2.05) is 0 Å². The minimum atomic E-state index is -3.43. The normalized spacial score (nSPS) is 20.9. The highest BCUT2D eigenvalue weighted by Gasteiger charge is 2.30. The van der Waals surface area contributed by atoms with Gasteiger partial charge in [-0.25, -0.2) is 8.42 Å². The summed E-state index contributed by atoms with van der Waals surface area (Å²) >= 11 is 0. The zero-order chi connectivity index (χ0) is 14.1. The Kier molecular flexibility index (Phi) is 3.87. The Labute approximate surface area is 115 Å². The van der Waals surface area contributed by atoms with Gasteiger partial charge in [-0.05, 0) is 48.9 Å². The van der Waals surface area contributed by atoms with Gasteiger partial charge >= 0.3 is 0 Å². The van der Waals surface area contributed by atoms with Crippen LogP contribution in [0.5, 0.6) is 5.75 Å². The highest BCUT2D eigenvalue weighted by Crippen LogP contribution is 2.31. The van der Waals surface area contributed by atoms with Crippen LogP contribution in [0.1, 0.15) is 33.1 Å². The van der Waals surface area contributed by atoms with Gasteiger partial charge in [-0.1, -0.05) is 13.8 Å². The summed E-state index contributed by atoms with van der Waals surface area (Å²) in [4.78, 5) is 0.255. The topological polar surface area (TPSA) is 57.6 Å². The first-order valence-electron chi connectivity index (χ1n) is 6.60. The first-order chi connectivity index (χ1) is 8.81. The van der Waals surface area contributed by atoms with Crippen LogP contribution in [0.2, 0.25) is 0 Å². The van der Waals surface area contributed by atoms with Crippen LogP contribution in [0.15, 0.2) is 29.2 Å². The Hall–Kier alpha value is -1.07. The number of hydrogen-bond acceptors (Lipinski definition) is 3. The van der Waals surface area contributed by atoms with Crippen molar-refractivity contribution in [3.63, 3.8) is 0 Å². The highest BCUT2D eigenvalue weighted by atomic mass is 32.2. The van der Waals surface area contributed by atoms with E-state index in [4.69, 9.17) is 0 Å². The molecule has 1 aliphatic rings. The minimum Gasteiger partial charge on any atom is -0.508 e. The summed E-state index contributed by atoms with van der Waals surface area (Å²) in [6.45, 7) is 5.51. The van der Waals surface area contributed by atoms with Crippen molar-refractivity contribution >= 4 is 10.0 Å². The fourth-order valence-electron chi connectivity index (χ4n) is 2.41. The molecule has 0 bridgehead atoms. The molecule has 5 heteroatoms. The van der Waals surface area contributed by atoms with E-state index in [1.54, 1.807) is 4.31 Å². The van der Waals surface area contributed by atoms with Crippen LogP contribution >= 0.6 is 0 Å². The number of hydrogen-bond donors (Lipinski definition) is 1. The van der Waals surface area contributed by atoms with E-state index in [0.717, 1.165) is 19.3 Å². The maximum Gasteiger partial charge on any atom is 0.243 e. The molecule has 0 saturated carbocycles. The molecule has 0 radical (unpaired) electrons. The first kappa shape index (κ1) is 14.3. The van der Waals surface area contributed by atoms with Crippen LogP contribution in [0.25, 0.3) is 0 Å². The summed E-state index contributed by atoms with van der Waals surface area (Å²) in [5, 5.41) is 9.24. The van der Waals surface area contributed by atoms with E-state index < -0.39 is 10.0 Å². The van der Waals surface area contributed by atoms with Crippen molar-refractivity contribution in [1.82, 2.24) is 4.31 Å². The van der Waals surface area contributed by atoms with Crippen LogP contribution in [-0.4, -0.2) is 30.9 Å². The van der Waals surface area contributed by atoms with E-state index in [0.29, 0.717) is 13.1 Å². The number of phenols is 1. The summed E-state index contributed by atoms with van der Waals surface area (Å²) < 4.78 is 26.6. The lowest BCUT2D eigenvalue weighted by Crippen LogP contribution is -2.32. The van der Waals surface area contributed by atoms with Gasteiger partial charge in [0.1, 0.15) is 5.75 Å². The van der Waals surface area contributed by atoms with Crippen molar-refractivity contribution in [1.29, 1.82) is 0 Å². The fourth-order valence-corrected chi connectivity index (χ4v) is 3.88. The quantitative estimate of drug-likeness (QED) is 0.907. The summed E-state index contributed by atoms with van der Waals surface area (Å²) in [7, 11) is -3.43. The number of nitrogens with zero attached hydrogens (tertiary/aromatic N) is 1. The second-order valence-electron chi connectivity index (χ2n) is 5.92. The zero-order valence-corrected chi connectivity index (χ0v) is 12.3. The van der Waals surface area contributed by atoms with Crippen LogP contribution in [0.3, 0.4) is 0 Å². The van der Waals surface area contributed by atoms with Crippen LogP contribution in [-0.2, 0) is 10.0 Å². The van der Waals surface area contributed by atoms with Gasteiger partial charge in [0.2, 0.25) is 10.0 Å². The molecule has 1 aliphatic heterocycles. The fraction of sp³-hybridized carbons (Fsp3) is 0.571. The summed E-state index contributed by atoms with van der Waals surface area (Å²) in [6, 6.07) is 5.74. The average Bonchev–Trinajstić information content (AvgIpc) is 2.51. The van der Waals surface area contributed by atoms with E-state index in [2.05, 4.69) is 13.8 Å². The largest absolute Gasteiger partial charge is 0.508 e. The number of sulfonamides is 1. The second kappa shape index (κ2) is 5.13. The SMILES string of the molecule is CC1(C)CCCN(S(=O)(=O)c2ccc(O)cc2)CC1. The second-order valence-corrected chi connectivity index (χ2v) is 7.85. The lowest BCUT2D eigenvalue weighted by atomic mass is 9.85. The average molecular weight is 283 g/mol. The molecule has 0 aliphatic carbocycles. The maximum atomic E-state index is 12.5. The third-order valence-electron chi connectivity index (χ3n) is 3.77. The molecule has 1 saturated heterocycles. The Bertz CT molecular complexity index is 534. The molecule has 0 amide bonds. The molecule has 0 atom stereocenters. The molecular weight excluding hydrogens is 262 g/mol. The first-order valence-corrected chi connectivity index (χ1v) is 8.04. The highest BCUT2D eigenvalue weighted by molar-refractivity contribution is 7.89. The Morgan fingerprint density at radius 3 is 2.37 bits per heavy atom. The van der Waals surface area contributed by atoms with Crippen molar-refractivity contribution in [2.24, 2.45) is 5.41 Å². The maximum absolute atomic E-state index is 12.5. The Morgan fingerprint density at radius 2 is 1.74 bits per heavy atom. The van der Waals surface area contributed by atoms with Crippen LogP contribution in [0, 0.1) is 5.41 Å². The molecule has 1 aromatic rings. The molecular formula is C14H21NO3S. The lowest BCUT2D eigenvalue weighted by molar-refractivity contribution is 0.315. The molecule has 1 aromatic carbocycles. The Balaban J connectivity index is 2.22. The number of aromatic hydroxyl groups is 1. The van der Waals surface area contributed by atoms with Gasteiger partial charge in [0.25, 0.3) is 0 Å². The summed E-state index contributed by atoms with van der Waals surface area (Å²) in [5.41, 5.74) is 0.208. The van der Waals surface area contributed by atoms with Gasteiger partial charge in [0, 0.05) is 13.1 Å². The smallest absolute Gasteiger partial charge is 0.243 e. The number of benzene rings is 1. The molecule has 0 spiro atoms. The van der Waals surface area contributed by atoms with E-state index in [-0.39, 0.29) is 16.1 Å². The van der Waals surface area contributed by atoms with Crippen molar-refractivity contribution in [3.05, 3.63) is 24.3 Å². The van der Waals surface area contributed by atoms with Crippen molar-refractivity contribution in [2.45, 2.75) is 38.0 Å². The molecule has 0 unspecified atom stereocenters. The number of phenolic OH excluding ortho intramolecular Hbond substituents is 1. The van der Waals surface area contributed by atoms with Crippen LogP contribution in [0.4, 0.5) is 0 Å². The van der Waals surface area contributed by atoms with Gasteiger partial charge in [0.15, 0.2) is 0 Å². The van der Waals surface area contributed by atoms with Crippen molar-refractivity contribution < 1.29 is 13.5 Å². The molecule has 106 valence electrons. The molecule has 1 fully saturated rings. The third-order valence-corrected chi connectivity index (χ3v) is 5.69. The molecule has 4 nitrogen and oxygen atoms in total. The van der Waals surface area contributed by atoms with Gasteiger partial charge < -0.3 is 5.11 Å². The zero-order valence-electron chi connectivity index (χ0n) is 11.5. The van der Waals surface area contributed by atoms with E-state index in [9.17, 15) is 13.5 Å². The molecule has 1 heterocycles. The van der Waals surface area contributed by atoms with E-state index in [1.165, 1.54) is 24.3 Å². The standard InChI is InChI=1S/C14H21NO3S/c1-14(2)8-3-10-15(11-9-14)19(17,18)13-6-4-12(16)5-7-13/h4-7,16H,3,8-11H2,1-2H3. The van der Waals surface area contributed by atoms with Crippen molar-refractivity contribution in [3.8, 4) is 5.75 Å². The molecule has 1 N–H and O–H groups in total. The minimum absolute atomic E-state index is 0.0796. The Morgan fingerprint density at radius 1 is 1.11 bits per heavy atom.